The zero-order chi connectivity index (χ0) is 22.5. The molecule has 0 saturated heterocycles. The molecule has 0 saturated carbocycles. The van der Waals surface area contributed by atoms with Gasteiger partial charge in [-0.15, -0.1) is 0 Å². The van der Waals surface area contributed by atoms with Crippen LogP contribution in [0.4, 0.5) is 0 Å². The maximum atomic E-state index is 11.8. The van der Waals surface area contributed by atoms with Gasteiger partial charge < -0.3 is 5.11 Å². The zero-order valence-corrected chi connectivity index (χ0v) is 20.7. The summed E-state index contributed by atoms with van der Waals surface area (Å²) < 4.78 is 0. The van der Waals surface area contributed by atoms with E-state index in [9.17, 15) is 9.90 Å². The van der Waals surface area contributed by atoms with E-state index in [0.717, 1.165) is 32.1 Å². The van der Waals surface area contributed by atoms with E-state index in [0.29, 0.717) is 11.8 Å². The Morgan fingerprint density at radius 1 is 0.733 bits per heavy atom. The molecule has 3 atom stereocenters. The van der Waals surface area contributed by atoms with Gasteiger partial charge in [0.2, 0.25) is 0 Å². The quantitative estimate of drug-likeness (QED) is 0.148. The summed E-state index contributed by atoms with van der Waals surface area (Å²) in [6.45, 7) is 8.98. The fourth-order valence-electron chi connectivity index (χ4n) is 4.26. The normalized spacial score (nSPS) is 15.1. The summed E-state index contributed by atoms with van der Waals surface area (Å²) in [6.07, 6.45) is 27.7. The number of carboxylic acid groups (broad SMARTS) is 1. The lowest BCUT2D eigenvalue weighted by molar-refractivity contribution is -0.142. The van der Waals surface area contributed by atoms with Crippen molar-refractivity contribution in [2.75, 3.05) is 0 Å². The second-order valence-electron chi connectivity index (χ2n) is 9.36. The van der Waals surface area contributed by atoms with Crippen molar-refractivity contribution >= 4 is 5.97 Å². The molecule has 0 aliphatic carbocycles. The van der Waals surface area contributed by atoms with Crippen molar-refractivity contribution < 1.29 is 9.90 Å². The molecular weight excluding hydrogens is 368 g/mol. The first-order valence-electron chi connectivity index (χ1n) is 13.1. The summed E-state index contributed by atoms with van der Waals surface area (Å²) in [5, 5.41) is 9.69. The number of allylic oxidation sites excluding steroid dienone is 4. The Labute approximate surface area is 188 Å². The van der Waals surface area contributed by atoms with Gasteiger partial charge in [0.25, 0.3) is 0 Å². The summed E-state index contributed by atoms with van der Waals surface area (Å²) in [6, 6.07) is 0. The predicted molar refractivity (Wildman–Crippen MR) is 133 cm³/mol. The summed E-state index contributed by atoms with van der Waals surface area (Å²) in [4.78, 5) is 11.8. The third-order valence-electron chi connectivity index (χ3n) is 6.29. The maximum Gasteiger partial charge on any atom is 0.306 e. The van der Waals surface area contributed by atoms with Crippen LogP contribution in [0.2, 0.25) is 0 Å². The van der Waals surface area contributed by atoms with Crippen molar-refractivity contribution in [3.8, 4) is 0 Å². The monoisotopic (exact) mass is 420 g/mol. The van der Waals surface area contributed by atoms with Crippen LogP contribution in [0.15, 0.2) is 24.3 Å². The molecule has 0 aliphatic heterocycles. The fraction of sp³-hybridized carbons (Fsp3) is 0.821. The van der Waals surface area contributed by atoms with Crippen LogP contribution in [-0.4, -0.2) is 11.1 Å². The van der Waals surface area contributed by atoms with Crippen molar-refractivity contribution in [3.63, 3.8) is 0 Å². The zero-order valence-electron chi connectivity index (χ0n) is 20.7. The Kier molecular flexibility index (Phi) is 20.5. The largest absolute Gasteiger partial charge is 0.481 e. The highest BCUT2D eigenvalue weighted by molar-refractivity contribution is 5.69. The molecular formula is C28H52O2. The molecule has 2 heteroatoms. The van der Waals surface area contributed by atoms with Gasteiger partial charge in [0.05, 0.1) is 5.92 Å². The summed E-state index contributed by atoms with van der Waals surface area (Å²) >= 11 is 0. The number of aliphatic carboxylic acids is 1. The van der Waals surface area contributed by atoms with Crippen LogP contribution in [0.25, 0.3) is 0 Å². The van der Waals surface area contributed by atoms with Crippen molar-refractivity contribution in [2.24, 2.45) is 17.8 Å². The average molecular weight is 421 g/mol. The average Bonchev–Trinajstić information content (AvgIpc) is 2.72. The topological polar surface area (TPSA) is 37.3 Å². The van der Waals surface area contributed by atoms with Gasteiger partial charge in [-0.25, -0.2) is 0 Å². The number of carboxylic acids is 1. The van der Waals surface area contributed by atoms with Gasteiger partial charge in [-0.3, -0.25) is 4.79 Å². The lowest BCUT2D eigenvalue weighted by Gasteiger charge is -2.22. The van der Waals surface area contributed by atoms with E-state index in [-0.39, 0.29) is 5.92 Å². The van der Waals surface area contributed by atoms with Crippen molar-refractivity contribution in [3.05, 3.63) is 24.3 Å². The van der Waals surface area contributed by atoms with Gasteiger partial charge in [0, 0.05) is 0 Å². The Balaban J connectivity index is 4.02. The van der Waals surface area contributed by atoms with E-state index in [2.05, 4.69) is 52.0 Å². The Hall–Kier alpha value is -1.05. The molecule has 0 heterocycles. The number of hydrogen-bond acceptors (Lipinski definition) is 1. The molecule has 0 spiro atoms. The Morgan fingerprint density at radius 2 is 1.40 bits per heavy atom. The number of rotatable bonds is 21. The van der Waals surface area contributed by atoms with Crippen molar-refractivity contribution in [1.82, 2.24) is 0 Å². The molecule has 0 aliphatic rings. The van der Waals surface area contributed by atoms with E-state index in [1.807, 2.05) is 0 Å². The highest BCUT2D eigenvalue weighted by Crippen LogP contribution is 2.28. The first kappa shape index (κ1) is 28.9. The van der Waals surface area contributed by atoms with Crippen LogP contribution in [-0.2, 0) is 4.79 Å². The highest BCUT2D eigenvalue weighted by atomic mass is 16.4. The van der Waals surface area contributed by atoms with Crippen molar-refractivity contribution in [1.29, 1.82) is 0 Å². The molecule has 0 aromatic carbocycles. The molecule has 1 N–H and O–H groups in total. The molecule has 0 fully saturated rings. The molecule has 30 heavy (non-hydrogen) atoms. The number of unbranched alkanes of at least 4 members (excludes halogenated alkanes) is 5. The van der Waals surface area contributed by atoms with Crippen LogP contribution in [0.1, 0.15) is 130 Å². The lowest BCUT2D eigenvalue weighted by Crippen LogP contribution is -2.19. The molecule has 0 aromatic rings. The fourth-order valence-corrected chi connectivity index (χ4v) is 4.26. The van der Waals surface area contributed by atoms with E-state index >= 15 is 0 Å². The minimum atomic E-state index is -0.578. The standard InChI is InChI=1S/C28H52O2/c1-5-8-10-11-12-13-14-15-16-17-18-20-25(4)22-23-27(28(29)30)24-26(19-7-3)21-9-6-2/h12-13,15-16,25-27H,5-11,14,17-24H2,1-4H3,(H,29,30)/b13-12-,16-15-. The number of carbonyl (C=O) groups is 1. The van der Waals surface area contributed by atoms with Crippen LogP contribution in [0.3, 0.4) is 0 Å². The van der Waals surface area contributed by atoms with Crippen LogP contribution in [0, 0.1) is 17.8 Å². The van der Waals surface area contributed by atoms with E-state index < -0.39 is 5.97 Å². The lowest BCUT2D eigenvalue weighted by atomic mass is 9.83. The summed E-state index contributed by atoms with van der Waals surface area (Å²) in [5.74, 6) is 0.492. The summed E-state index contributed by atoms with van der Waals surface area (Å²) in [7, 11) is 0. The van der Waals surface area contributed by atoms with Gasteiger partial charge in [-0.05, 0) is 63.2 Å². The van der Waals surface area contributed by atoms with Gasteiger partial charge in [0.15, 0.2) is 0 Å². The third kappa shape index (κ3) is 17.8. The second-order valence-corrected chi connectivity index (χ2v) is 9.36. The van der Waals surface area contributed by atoms with Crippen LogP contribution < -0.4 is 0 Å². The van der Waals surface area contributed by atoms with Crippen LogP contribution in [0.5, 0.6) is 0 Å². The van der Waals surface area contributed by atoms with Gasteiger partial charge in [0.1, 0.15) is 0 Å². The third-order valence-corrected chi connectivity index (χ3v) is 6.29. The summed E-state index contributed by atoms with van der Waals surface area (Å²) in [5.41, 5.74) is 0. The van der Waals surface area contributed by atoms with E-state index in [4.69, 9.17) is 0 Å². The molecule has 3 unspecified atom stereocenters. The molecule has 176 valence electrons. The minimum Gasteiger partial charge on any atom is -0.481 e. The minimum absolute atomic E-state index is 0.148. The maximum absolute atomic E-state index is 11.8. The van der Waals surface area contributed by atoms with Gasteiger partial charge in [-0.1, -0.05) is 103 Å². The van der Waals surface area contributed by atoms with Crippen molar-refractivity contribution in [2.45, 2.75) is 130 Å². The van der Waals surface area contributed by atoms with E-state index in [1.165, 1.54) is 70.6 Å². The van der Waals surface area contributed by atoms with E-state index in [1.54, 1.807) is 0 Å². The first-order valence-corrected chi connectivity index (χ1v) is 13.1. The first-order chi connectivity index (χ1) is 14.5. The van der Waals surface area contributed by atoms with Gasteiger partial charge >= 0.3 is 5.97 Å². The number of hydrogen-bond donors (Lipinski definition) is 1. The molecule has 0 aromatic heterocycles. The highest BCUT2D eigenvalue weighted by Gasteiger charge is 2.22. The van der Waals surface area contributed by atoms with Gasteiger partial charge in [-0.2, -0.15) is 0 Å². The molecule has 2 nitrogen and oxygen atoms in total. The second kappa shape index (κ2) is 21.2. The molecule has 0 radical (unpaired) electrons. The van der Waals surface area contributed by atoms with Crippen LogP contribution >= 0.6 is 0 Å². The predicted octanol–water partition coefficient (Wildman–Crippen LogP) is 9.35. The SMILES string of the molecule is CCCCC/C=C\C/C=C\CCCC(C)CCC(CC(CCC)CCCC)C(=O)O. The molecule has 0 bridgehead atoms. The Bertz CT molecular complexity index is 438. The smallest absolute Gasteiger partial charge is 0.306 e. The Morgan fingerprint density at radius 3 is 2.00 bits per heavy atom. The molecule has 0 rings (SSSR count). The molecule has 0 amide bonds.